The third kappa shape index (κ3) is 15.3. The largest absolute Gasteiger partial charge is 0.444 e. The van der Waals surface area contributed by atoms with Gasteiger partial charge in [-0.2, -0.15) is 0 Å². The fraction of sp³-hybridized carbons (Fsp3) is 0.192. The summed E-state index contributed by atoms with van der Waals surface area (Å²) in [6, 6.07) is 30.2. The van der Waals surface area contributed by atoms with Gasteiger partial charge in [-0.3, -0.25) is 24.1 Å². The van der Waals surface area contributed by atoms with Gasteiger partial charge in [-0.15, -0.1) is 0 Å². The van der Waals surface area contributed by atoms with E-state index in [-0.39, 0.29) is 29.0 Å². The van der Waals surface area contributed by atoms with E-state index in [0.717, 1.165) is 24.2 Å². The molecule has 4 aromatic carbocycles. The van der Waals surface area contributed by atoms with E-state index in [1.54, 1.807) is 90.2 Å². The fourth-order valence-electron chi connectivity index (χ4n) is 7.07. The normalized spacial score (nSPS) is 12.5. The minimum atomic E-state index is -0.515. The second kappa shape index (κ2) is 24.2. The number of ether oxygens (including phenoxy) is 1. The number of carbonyl (C=O) groups excluding carboxylic acids is 5. The van der Waals surface area contributed by atoms with E-state index >= 15 is 0 Å². The second-order valence-corrected chi connectivity index (χ2v) is 19.0. The number of imidazole rings is 1. The molecule has 1 saturated heterocycles. The number of nitrogens with zero attached hydrogens (tertiary/aromatic N) is 6. The Labute approximate surface area is 435 Å². The average molecular weight is 1050 g/mol. The van der Waals surface area contributed by atoms with Gasteiger partial charge in [-0.1, -0.05) is 70.7 Å². The van der Waals surface area contributed by atoms with Gasteiger partial charge in [0.25, 0.3) is 23.6 Å². The molecule has 1 aliphatic heterocycles. The minimum absolute atomic E-state index is 0.194. The Morgan fingerprint density at radius 2 is 1.01 bits per heavy atom. The standard InChI is InChI=1S/C29H31Cl2N5O4.C23H17Cl2N5O2/c1-29(2,3)40-28(39)36-14-12-35(13-15-36)18-19-4-6-20(7-5-19)26(37)33-24-10-8-21(30)16-23(24)27(38)34-25-11-9-22(31)17-32-25;24-17-5-7-20(19(11-17)23(32)29-21-8-6-18(25)12-27-21)28-22(31)16-3-1-15(2-4-16)13-30-10-9-26-14-30/h4-11,16-17H,12-15,18H2,1-3H3,(H,33,37)(H,32,34,38);1-12,14H,13H2,(H,28,31)(H,27,29,32). The maximum absolute atomic E-state index is 13.0. The number of anilines is 4. The Bertz CT molecular complexity index is 3020. The molecule has 3 aromatic heterocycles. The lowest BCUT2D eigenvalue weighted by Gasteiger charge is -2.35. The summed E-state index contributed by atoms with van der Waals surface area (Å²) in [4.78, 5) is 79.9. The number of aromatic nitrogens is 4. The summed E-state index contributed by atoms with van der Waals surface area (Å²) in [7, 11) is 0. The summed E-state index contributed by atoms with van der Waals surface area (Å²) >= 11 is 23.9. The van der Waals surface area contributed by atoms with Gasteiger partial charge >= 0.3 is 6.09 Å². The molecule has 370 valence electrons. The zero-order valence-corrected chi connectivity index (χ0v) is 42.2. The Morgan fingerprint density at radius 3 is 1.43 bits per heavy atom. The van der Waals surface area contributed by atoms with Crippen molar-refractivity contribution in [2.75, 3.05) is 47.4 Å². The van der Waals surface area contributed by atoms with E-state index in [1.165, 1.54) is 24.5 Å². The van der Waals surface area contributed by atoms with Gasteiger partial charge in [0.15, 0.2) is 0 Å². The lowest BCUT2D eigenvalue weighted by atomic mass is 10.1. The molecule has 72 heavy (non-hydrogen) atoms. The molecule has 0 bridgehead atoms. The minimum Gasteiger partial charge on any atom is -0.444 e. The second-order valence-electron chi connectivity index (χ2n) is 17.3. The first-order chi connectivity index (χ1) is 34.4. The van der Waals surface area contributed by atoms with E-state index in [2.05, 4.69) is 41.1 Å². The van der Waals surface area contributed by atoms with Crippen LogP contribution in [0.25, 0.3) is 0 Å². The van der Waals surface area contributed by atoms with Crippen molar-refractivity contribution in [3.05, 3.63) is 194 Å². The number of benzene rings is 4. The number of halogens is 4. The summed E-state index contributed by atoms with van der Waals surface area (Å²) in [5, 5.41) is 12.5. The summed E-state index contributed by atoms with van der Waals surface area (Å²) in [5.41, 5.74) is 3.50. The highest BCUT2D eigenvalue weighted by Gasteiger charge is 2.26. The van der Waals surface area contributed by atoms with Crippen LogP contribution in [0.3, 0.4) is 0 Å². The number of amides is 5. The molecule has 1 fully saturated rings. The molecular formula is C52H48Cl4N10O6. The number of hydrogen-bond donors (Lipinski definition) is 4. The molecule has 16 nitrogen and oxygen atoms in total. The first-order valence-corrected chi connectivity index (χ1v) is 23.9. The van der Waals surface area contributed by atoms with E-state index in [0.29, 0.717) is 80.4 Å². The zero-order chi connectivity index (χ0) is 51.4. The first kappa shape index (κ1) is 52.5. The van der Waals surface area contributed by atoms with Crippen molar-refractivity contribution < 1.29 is 28.7 Å². The lowest BCUT2D eigenvalue weighted by molar-refractivity contribution is 0.0138. The Morgan fingerprint density at radius 1 is 0.556 bits per heavy atom. The quantitative estimate of drug-likeness (QED) is 0.0915. The van der Waals surface area contributed by atoms with Crippen LogP contribution in [-0.4, -0.2) is 90.8 Å². The molecule has 4 N–H and O–H groups in total. The molecule has 0 atom stereocenters. The zero-order valence-electron chi connectivity index (χ0n) is 39.2. The van der Waals surface area contributed by atoms with Crippen LogP contribution in [0.2, 0.25) is 20.1 Å². The summed E-state index contributed by atoms with van der Waals surface area (Å²) in [6.07, 6.45) is 7.87. The van der Waals surface area contributed by atoms with Crippen LogP contribution in [0.5, 0.6) is 0 Å². The molecule has 0 unspecified atom stereocenters. The van der Waals surface area contributed by atoms with Crippen molar-refractivity contribution >= 4 is 99.1 Å². The van der Waals surface area contributed by atoms with E-state index < -0.39 is 17.4 Å². The molecule has 8 rings (SSSR count). The number of carbonyl (C=O) groups is 5. The predicted molar refractivity (Wildman–Crippen MR) is 281 cm³/mol. The Hall–Kier alpha value is -7.34. The Kier molecular flexibility index (Phi) is 17.6. The smallest absolute Gasteiger partial charge is 0.410 e. The van der Waals surface area contributed by atoms with Gasteiger partial charge in [-0.05, 0) is 117 Å². The van der Waals surface area contributed by atoms with Gasteiger partial charge in [0.2, 0.25) is 0 Å². The summed E-state index contributed by atoms with van der Waals surface area (Å²) in [5.74, 6) is -1.01. The van der Waals surface area contributed by atoms with Crippen molar-refractivity contribution in [2.24, 2.45) is 0 Å². The summed E-state index contributed by atoms with van der Waals surface area (Å²) < 4.78 is 7.39. The topological polar surface area (TPSA) is 193 Å². The maximum Gasteiger partial charge on any atom is 0.410 e. The SMILES string of the molecule is CC(C)(C)OC(=O)N1CCN(Cc2ccc(C(=O)Nc3ccc(Cl)cc3C(=O)Nc3ccc(Cl)cn3)cc2)CC1.O=C(Nc1ccc(Cl)cc1C(=O)Nc1ccc(Cl)cn1)c1ccc(Cn2ccnc2)cc1. The molecule has 0 spiro atoms. The fourth-order valence-corrected chi connectivity index (χ4v) is 7.64. The average Bonchev–Trinajstić information content (AvgIpc) is 3.87. The molecule has 1 aliphatic rings. The predicted octanol–water partition coefficient (Wildman–Crippen LogP) is 11.1. The van der Waals surface area contributed by atoms with Gasteiger partial charge in [0.1, 0.15) is 17.2 Å². The van der Waals surface area contributed by atoms with Crippen LogP contribution in [0.15, 0.2) is 140 Å². The van der Waals surface area contributed by atoms with E-state index in [9.17, 15) is 24.0 Å². The highest BCUT2D eigenvalue weighted by atomic mass is 35.5. The third-order valence-electron chi connectivity index (χ3n) is 10.7. The van der Waals surface area contributed by atoms with Gasteiger partial charge < -0.3 is 35.5 Å². The highest BCUT2D eigenvalue weighted by Crippen LogP contribution is 2.25. The number of rotatable bonds is 12. The number of pyridine rings is 2. The number of piperazine rings is 1. The van der Waals surface area contributed by atoms with E-state index in [1.807, 2.05) is 55.8 Å². The molecular weight excluding hydrogens is 1000 g/mol. The van der Waals surface area contributed by atoms with Crippen molar-refractivity contribution in [1.82, 2.24) is 29.3 Å². The van der Waals surface area contributed by atoms with Crippen molar-refractivity contribution in [3.63, 3.8) is 0 Å². The lowest BCUT2D eigenvalue weighted by Crippen LogP contribution is -2.49. The number of hydrogen-bond acceptors (Lipinski definition) is 10. The monoisotopic (exact) mass is 1050 g/mol. The van der Waals surface area contributed by atoms with Gasteiger partial charge in [-0.25, -0.2) is 19.7 Å². The molecule has 0 saturated carbocycles. The molecule has 5 amide bonds. The third-order valence-corrected chi connectivity index (χ3v) is 11.6. The number of nitrogens with one attached hydrogen (secondary N) is 4. The van der Waals surface area contributed by atoms with E-state index in [4.69, 9.17) is 51.1 Å². The van der Waals surface area contributed by atoms with Crippen LogP contribution in [-0.2, 0) is 17.8 Å². The highest BCUT2D eigenvalue weighted by molar-refractivity contribution is 6.32. The Balaban J connectivity index is 0.000000216. The molecule has 20 heteroatoms. The molecule has 0 aliphatic carbocycles. The molecule has 0 radical (unpaired) electrons. The van der Waals surface area contributed by atoms with Gasteiger partial charge in [0, 0.05) is 85.2 Å². The van der Waals surface area contributed by atoms with Crippen molar-refractivity contribution in [3.8, 4) is 0 Å². The van der Waals surface area contributed by atoms with Crippen LogP contribution in [0, 0.1) is 0 Å². The van der Waals surface area contributed by atoms with Gasteiger partial charge in [0.05, 0.1) is 38.9 Å². The maximum atomic E-state index is 13.0. The van der Waals surface area contributed by atoms with Crippen LogP contribution in [0.4, 0.5) is 27.8 Å². The first-order valence-electron chi connectivity index (χ1n) is 22.4. The summed E-state index contributed by atoms with van der Waals surface area (Å²) in [6.45, 7) is 9.58. The van der Waals surface area contributed by atoms with Crippen molar-refractivity contribution in [1.29, 1.82) is 0 Å². The molecule has 4 heterocycles. The van der Waals surface area contributed by atoms with Crippen LogP contribution < -0.4 is 21.3 Å². The van der Waals surface area contributed by atoms with Crippen LogP contribution in [0.1, 0.15) is 73.3 Å². The van der Waals surface area contributed by atoms with Crippen molar-refractivity contribution in [2.45, 2.75) is 39.5 Å². The van der Waals surface area contributed by atoms with Crippen LogP contribution >= 0.6 is 46.4 Å². The molecule has 7 aromatic rings.